The number of aryl methyl sites for hydroxylation is 1. The third kappa shape index (κ3) is 4.45. The van der Waals surface area contributed by atoms with Crippen LogP contribution in [-0.4, -0.2) is 36.1 Å². The van der Waals surface area contributed by atoms with E-state index in [2.05, 4.69) is 10.1 Å². The standard InChI is InChI=1S/C17H18N2O5/c1-19-9-3-4-14(19)17(22)24-11-15(20)18-10-12-5-7-13(8-6-12)16(21)23-2/h3-9H,10-11H2,1-2H3,(H,18,20). The van der Waals surface area contributed by atoms with Crippen molar-refractivity contribution in [2.45, 2.75) is 6.54 Å². The maximum absolute atomic E-state index is 11.8. The van der Waals surface area contributed by atoms with Gasteiger partial charge in [0.1, 0.15) is 5.69 Å². The van der Waals surface area contributed by atoms with Crippen molar-refractivity contribution in [1.82, 2.24) is 9.88 Å². The molecule has 0 radical (unpaired) electrons. The fraction of sp³-hybridized carbons (Fsp3) is 0.235. The lowest BCUT2D eigenvalue weighted by Crippen LogP contribution is -2.28. The number of rotatable bonds is 6. The van der Waals surface area contributed by atoms with Gasteiger partial charge >= 0.3 is 11.9 Å². The van der Waals surface area contributed by atoms with Crippen molar-refractivity contribution in [3.63, 3.8) is 0 Å². The molecule has 7 heteroatoms. The number of aromatic nitrogens is 1. The molecule has 2 aromatic rings. The summed E-state index contributed by atoms with van der Waals surface area (Å²) in [5.74, 6) is -1.38. The van der Waals surface area contributed by atoms with Crippen LogP contribution in [0.4, 0.5) is 0 Å². The highest BCUT2D eigenvalue weighted by Crippen LogP contribution is 2.06. The van der Waals surface area contributed by atoms with Gasteiger partial charge in [0.2, 0.25) is 0 Å². The molecule has 0 unspecified atom stereocenters. The molecule has 7 nitrogen and oxygen atoms in total. The minimum Gasteiger partial charge on any atom is -0.465 e. The average Bonchev–Trinajstić information content (AvgIpc) is 3.03. The van der Waals surface area contributed by atoms with E-state index >= 15 is 0 Å². The number of carbonyl (C=O) groups is 3. The van der Waals surface area contributed by atoms with E-state index in [1.807, 2.05) is 0 Å². The lowest BCUT2D eigenvalue weighted by atomic mass is 10.1. The number of methoxy groups -OCH3 is 1. The minimum absolute atomic E-state index is 0.266. The second kappa shape index (κ2) is 7.96. The quantitative estimate of drug-likeness (QED) is 0.807. The van der Waals surface area contributed by atoms with E-state index in [1.54, 1.807) is 54.2 Å². The molecule has 1 amide bonds. The number of esters is 2. The van der Waals surface area contributed by atoms with Crippen LogP contribution in [0.15, 0.2) is 42.6 Å². The van der Waals surface area contributed by atoms with Gasteiger partial charge in [0.15, 0.2) is 6.61 Å². The van der Waals surface area contributed by atoms with Crippen molar-refractivity contribution >= 4 is 17.8 Å². The normalized spacial score (nSPS) is 10.1. The zero-order valence-corrected chi connectivity index (χ0v) is 13.4. The second-order valence-electron chi connectivity index (χ2n) is 5.05. The van der Waals surface area contributed by atoms with Crippen molar-refractivity contribution in [1.29, 1.82) is 0 Å². The Labute approximate surface area is 139 Å². The summed E-state index contributed by atoms with van der Waals surface area (Å²) in [5.41, 5.74) is 1.62. The maximum atomic E-state index is 11.8. The molecule has 0 fully saturated rings. The van der Waals surface area contributed by atoms with Gasteiger partial charge in [0.05, 0.1) is 12.7 Å². The highest BCUT2D eigenvalue weighted by molar-refractivity contribution is 5.90. The Morgan fingerprint density at radius 2 is 1.79 bits per heavy atom. The molecule has 0 bridgehead atoms. The molecule has 24 heavy (non-hydrogen) atoms. The van der Waals surface area contributed by atoms with Gasteiger partial charge in [-0.2, -0.15) is 0 Å². The second-order valence-corrected chi connectivity index (χ2v) is 5.05. The SMILES string of the molecule is COC(=O)c1ccc(CNC(=O)COC(=O)c2cccn2C)cc1. The summed E-state index contributed by atoms with van der Waals surface area (Å²) in [6.07, 6.45) is 1.72. The zero-order valence-electron chi connectivity index (χ0n) is 13.4. The Kier molecular flexibility index (Phi) is 5.73. The summed E-state index contributed by atoms with van der Waals surface area (Å²) in [7, 11) is 3.03. The first-order valence-corrected chi connectivity index (χ1v) is 7.23. The minimum atomic E-state index is -0.555. The molecule has 1 heterocycles. The van der Waals surface area contributed by atoms with Crippen LogP contribution in [0.2, 0.25) is 0 Å². The van der Waals surface area contributed by atoms with E-state index in [1.165, 1.54) is 7.11 Å². The first kappa shape index (κ1) is 17.3. The predicted octanol–water partition coefficient (Wildman–Crippen LogP) is 1.28. The summed E-state index contributed by atoms with van der Waals surface area (Å²) in [4.78, 5) is 34.8. The van der Waals surface area contributed by atoms with Gasteiger partial charge in [-0.15, -0.1) is 0 Å². The summed E-state index contributed by atoms with van der Waals surface area (Å²) in [5, 5.41) is 2.64. The van der Waals surface area contributed by atoms with E-state index in [-0.39, 0.29) is 13.2 Å². The summed E-state index contributed by atoms with van der Waals surface area (Å²) in [6.45, 7) is -0.0910. The first-order valence-electron chi connectivity index (χ1n) is 7.23. The van der Waals surface area contributed by atoms with Crippen molar-refractivity contribution in [2.24, 2.45) is 7.05 Å². The number of carbonyl (C=O) groups excluding carboxylic acids is 3. The third-order valence-corrected chi connectivity index (χ3v) is 3.35. The number of nitrogens with one attached hydrogen (secondary N) is 1. The van der Waals surface area contributed by atoms with Crippen LogP contribution >= 0.6 is 0 Å². The Morgan fingerprint density at radius 3 is 2.38 bits per heavy atom. The summed E-state index contributed by atoms with van der Waals surface area (Å²) >= 11 is 0. The fourth-order valence-electron chi connectivity index (χ4n) is 2.01. The van der Waals surface area contributed by atoms with Gasteiger partial charge in [-0.1, -0.05) is 12.1 Å². The van der Waals surface area contributed by atoms with Crippen molar-refractivity contribution in [3.8, 4) is 0 Å². The fourth-order valence-corrected chi connectivity index (χ4v) is 2.01. The summed E-state index contributed by atoms with van der Waals surface area (Å²) in [6, 6.07) is 9.98. The molecule has 2 rings (SSSR count). The molecule has 0 aliphatic heterocycles. The van der Waals surface area contributed by atoms with Crippen molar-refractivity contribution < 1.29 is 23.9 Å². The topological polar surface area (TPSA) is 86.6 Å². The highest BCUT2D eigenvalue weighted by atomic mass is 16.5. The molecule has 1 aromatic carbocycles. The van der Waals surface area contributed by atoms with Crippen LogP contribution in [0.25, 0.3) is 0 Å². The first-order chi connectivity index (χ1) is 11.5. The molecule has 0 aliphatic rings. The molecule has 0 aliphatic carbocycles. The lowest BCUT2D eigenvalue weighted by molar-refractivity contribution is -0.124. The van der Waals surface area contributed by atoms with Gasteiger partial charge in [-0.3, -0.25) is 4.79 Å². The molecular formula is C17H18N2O5. The number of ether oxygens (including phenoxy) is 2. The molecule has 1 aromatic heterocycles. The van der Waals surface area contributed by atoms with E-state index in [0.29, 0.717) is 11.3 Å². The number of benzene rings is 1. The van der Waals surface area contributed by atoms with Crippen LogP contribution in [0, 0.1) is 0 Å². The van der Waals surface area contributed by atoms with E-state index in [9.17, 15) is 14.4 Å². The highest BCUT2D eigenvalue weighted by Gasteiger charge is 2.12. The third-order valence-electron chi connectivity index (χ3n) is 3.35. The summed E-state index contributed by atoms with van der Waals surface area (Å²) < 4.78 is 11.2. The van der Waals surface area contributed by atoms with Crippen LogP contribution in [0.5, 0.6) is 0 Å². The Morgan fingerprint density at radius 1 is 1.08 bits per heavy atom. The van der Waals surface area contributed by atoms with E-state index in [0.717, 1.165) is 5.56 Å². The molecule has 0 atom stereocenters. The zero-order chi connectivity index (χ0) is 17.5. The van der Waals surface area contributed by atoms with Crippen LogP contribution in [0.1, 0.15) is 26.4 Å². The number of hydrogen-bond acceptors (Lipinski definition) is 5. The smallest absolute Gasteiger partial charge is 0.355 e. The average molecular weight is 330 g/mol. The molecule has 1 N–H and O–H groups in total. The number of hydrogen-bond donors (Lipinski definition) is 1. The Bertz CT molecular complexity index is 734. The molecule has 0 saturated heterocycles. The van der Waals surface area contributed by atoms with Crippen molar-refractivity contribution in [2.75, 3.05) is 13.7 Å². The van der Waals surface area contributed by atoms with Gasteiger partial charge in [0.25, 0.3) is 5.91 Å². The molecule has 0 saturated carbocycles. The van der Waals surface area contributed by atoms with Crippen molar-refractivity contribution in [3.05, 3.63) is 59.4 Å². The molecule has 126 valence electrons. The number of nitrogens with zero attached hydrogens (tertiary/aromatic N) is 1. The van der Waals surface area contributed by atoms with Crippen LogP contribution < -0.4 is 5.32 Å². The Hall–Kier alpha value is -3.09. The van der Waals surface area contributed by atoms with Crippen LogP contribution in [-0.2, 0) is 27.9 Å². The molecular weight excluding hydrogens is 312 g/mol. The maximum Gasteiger partial charge on any atom is 0.355 e. The monoisotopic (exact) mass is 330 g/mol. The molecule has 0 spiro atoms. The van der Waals surface area contributed by atoms with Gasteiger partial charge in [0, 0.05) is 19.8 Å². The van der Waals surface area contributed by atoms with E-state index < -0.39 is 17.8 Å². The van der Waals surface area contributed by atoms with E-state index in [4.69, 9.17) is 4.74 Å². The lowest BCUT2D eigenvalue weighted by Gasteiger charge is -2.07. The Balaban J connectivity index is 1.78. The largest absolute Gasteiger partial charge is 0.465 e. The van der Waals surface area contributed by atoms with Gasteiger partial charge in [-0.05, 0) is 29.8 Å². The van der Waals surface area contributed by atoms with Crippen LogP contribution in [0.3, 0.4) is 0 Å². The predicted molar refractivity (Wildman–Crippen MR) is 85.3 cm³/mol. The van der Waals surface area contributed by atoms with Gasteiger partial charge < -0.3 is 19.4 Å². The van der Waals surface area contributed by atoms with Gasteiger partial charge in [-0.25, -0.2) is 9.59 Å². The number of amides is 1.